The number of imidazole rings is 2. The molecule has 0 radical (unpaired) electrons. The molecular formula is C55H37N7. The summed E-state index contributed by atoms with van der Waals surface area (Å²) in [5, 5.41) is 4.67. The van der Waals surface area contributed by atoms with Gasteiger partial charge in [0.25, 0.3) is 0 Å². The van der Waals surface area contributed by atoms with Gasteiger partial charge in [-0.1, -0.05) is 159 Å². The van der Waals surface area contributed by atoms with Crippen LogP contribution in [-0.2, 0) is 0 Å². The van der Waals surface area contributed by atoms with Crippen LogP contribution in [-0.4, -0.2) is 33.9 Å². The van der Waals surface area contributed by atoms with Gasteiger partial charge in [0.05, 0.1) is 22.8 Å². The third-order valence-electron chi connectivity index (χ3n) is 11.3. The van der Waals surface area contributed by atoms with E-state index < -0.39 is 0 Å². The van der Waals surface area contributed by atoms with Crippen molar-refractivity contribution in [2.24, 2.45) is 0 Å². The highest BCUT2D eigenvalue weighted by Gasteiger charge is 2.21. The average molecular weight is 796 g/mol. The van der Waals surface area contributed by atoms with Gasteiger partial charge in [-0.25, -0.2) is 24.9 Å². The summed E-state index contributed by atoms with van der Waals surface area (Å²) in [6.07, 6.45) is 5.62. The minimum atomic E-state index is 0.546. The van der Waals surface area contributed by atoms with E-state index in [1.54, 1.807) is 12.3 Å². The lowest BCUT2D eigenvalue weighted by molar-refractivity contribution is 1.07. The van der Waals surface area contributed by atoms with Crippen molar-refractivity contribution in [2.75, 3.05) is 0 Å². The number of fused-ring (bicyclic) bond motifs is 3. The maximum Gasteiger partial charge on any atom is 0.164 e. The Morgan fingerprint density at radius 1 is 0.371 bits per heavy atom. The number of nitrogens with zero attached hydrogens (tertiary/aromatic N) is 7. The lowest BCUT2D eigenvalue weighted by Gasteiger charge is -2.12. The molecule has 292 valence electrons. The molecule has 0 aliphatic carbocycles. The van der Waals surface area contributed by atoms with Crippen LogP contribution >= 0.6 is 0 Å². The highest BCUT2D eigenvalue weighted by molar-refractivity contribution is 5.93. The molecule has 7 aromatic carbocycles. The Hall–Kier alpha value is -8.55. The predicted octanol–water partition coefficient (Wildman–Crippen LogP) is 13.4. The summed E-state index contributed by atoms with van der Waals surface area (Å²) in [6.45, 7) is 8.23. The molecule has 7 heteroatoms. The lowest BCUT2D eigenvalue weighted by atomic mass is 10.00. The van der Waals surface area contributed by atoms with Crippen molar-refractivity contribution in [3.63, 3.8) is 0 Å². The predicted molar refractivity (Wildman–Crippen MR) is 254 cm³/mol. The molecule has 0 atom stereocenters. The van der Waals surface area contributed by atoms with Crippen LogP contribution in [0.15, 0.2) is 201 Å². The van der Waals surface area contributed by atoms with Crippen molar-refractivity contribution in [2.45, 2.75) is 0 Å². The van der Waals surface area contributed by atoms with Crippen molar-refractivity contribution in [3.8, 4) is 79.2 Å². The Bertz CT molecular complexity index is 3520. The van der Waals surface area contributed by atoms with E-state index >= 15 is 0 Å². The Morgan fingerprint density at radius 2 is 0.871 bits per heavy atom. The van der Waals surface area contributed by atoms with Crippen LogP contribution in [0.3, 0.4) is 0 Å². The molecule has 0 aliphatic heterocycles. The molecule has 0 unspecified atom stereocenters. The van der Waals surface area contributed by atoms with Gasteiger partial charge < -0.3 is 0 Å². The maximum absolute atomic E-state index is 5.20. The topological polar surface area (TPSA) is 73.8 Å². The van der Waals surface area contributed by atoms with Gasteiger partial charge in [0, 0.05) is 51.3 Å². The van der Waals surface area contributed by atoms with Gasteiger partial charge in [-0.15, -0.1) is 0 Å². The Balaban J connectivity index is 1.05. The Kier molecular flexibility index (Phi) is 8.98. The van der Waals surface area contributed by atoms with Crippen molar-refractivity contribution < 1.29 is 0 Å². The molecule has 0 amide bonds. The van der Waals surface area contributed by atoms with Crippen LogP contribution < -0.4 is 0 Å². The average Bonchev–Trinajstić information content (AvgIpc) is 3.93. The van der Waals surface area contributed by atoms with Gasteiger partial charge in [-0.3, -0.25) is 8.97 Å². The fraction of sp³-hybridized carbons (Fsp3) is 0. The summed E-state index contributed by atoms with van der Waals surface area (Å²) in [5.41, 5.74) is 11.0. The van der Waals surface area contributed by atoms with Crippen LogP contribution in [0.1, 0.15) is 5.82 Å². The summed E-state index contributed by atoms with van der Waals surface area (Å²) in [4.78, 5) is 25.7. The van der Waals surface area contributed by atoms with E-state index in [4.69, 9.17) is 24.9 Å². The molecule has 7 nitrogen and oxygen atoms in total. The largest absolute Gasteiger partial charge is 0.300 e. The smallest absolute Gasteiger partial charge is 0.164 e. The number of pyridine rings is 1. The second kappa shape index (κ2) is 15.2. The van der Waals surface area contributed by atoms with Crippen molar-refractivity contribution in [1.29, 1.82) is 0 Å². The number of hydrogen-bond donors (Lipinski definition) is 0. The minimum absolute atomic E-state index is 0.546. The van der Waals surface area contributed by atoms with Gasteiger partial charge in [0.1, 0.15) is 11.5 Å². The van der Waals surface area contributed by atoms with E-state index in [0.29, 0.717) is 23.3 Å². The molecule has 4 heterocycles. The standard InChI is InChI=1S/C55H37N7/c1-3-47-56-49(51(61(47)4-2)43-29-27-36-16-8-10-20-39(36)32-43)41-22-14-24-45(34-41)54-58-53(38-18-6-5-7-19-38)59-55(60-54)46-25-15-23-42(35-46)50-52(62-31-13-12-26-48(62)57-50)44-30-28-37-17-9-11-21-40(37)33-44/h3-35H,1-2H2. The Labute approximate surface area is 358 Å². The van der Waals surface area contributed by atoms with Crippen LogP contribution in [0.25, 0.3) is 119 Å². The van der Waals surface area contributed by atoms with E-state index in [-0.39, 0.29) is 0 Å². The summed E-state index contributed by atoms with van der Waals surface area (Å²) < 4.78 is 4.16. The zero-order chi connectivity index (χ0) is 41.6. The van der Waals surface area contributed by atoms with Crippen molar-refractivity contribution in [3.05, 3.63) is 207 Å². The molecule has 4 aromatic heterocycles. The third kappa shape index (κ3) is 6.45. The molecule has 0 aliphatic rings. The normalized spacial score (nSPS) is 11.4. The van der Waals surface area contributed by atoms with Crippen LogP contribution in [0, 0.1) is 0 Å². The zero-order valence-corrected chi connectivity index (χ0v) is 33.6. The van der Waals surface area contributed by atoms with Gasteiger partial charge in [-0.05, 0) is 64.0 Å². The first-order valence-electron chi connectivity index (χ1n) is 20.5. The first-order valence-corrected chi connectivity index (χ1v) is 20.5. The van der Waals surface area contributed by atoms with E-state index in [9.17, 15) is 0 Å². The first kappa shape index (κ1) is 36.5. The van der Waals surface area contributed by atoms with Gasteiger partial charge in [0.2, 0.25) is 0 Å². The molecule has 0 fully saturated rings. The quantitative estimate of drug-likeness (QED) is 0.145. The monoisotopic (exact) mass is 795 g/mol. The molecule has 62 heavy (non-hydrogen) atoms. The summed E-state index contributed by atoms with van der Waals surface area (Å²) in [7, 11) is 0. The maximum atomic E-state index is 5.20. The lowest BCUT2D eigenvalue weighted by Crippen LogP contribution is -2.00. The second-order valence-electron chi connectivity index (χ2n) is 15.1. The minimum Gasteiger partial charge on any atom is -0.300 e. The van der Waals surface area contributed by atoms with E-state index in [1.165, 1.54) is 16.2 Å². The molecule has 0 saturated carbocycles. The van der Waals surface area contributed by atoms with Crippen LogP contribution in [0.4, 0.5) is 0 Å². The summed E-state index contributed by atoms with van der Waals surface area (Å²) >= 11 is 0. The highest BCUT2D eigenvalue weighted by Crippen LogP contribution is 2.38. The van der Waals surface area contributed by atoms with Crippen molar-refractivity contribution in [1.82, 2.24) is 33.9 Å². The summed E-state index contributed by atoms with van der Waals surface area (Å²) in [5.74, 6) is 2.38. The number of benzene rings is 7. The zero-order valence-electron chi connectivity index (χ0n) is 33.6. The Morgan fingerprint density at radius 3 is 1.47 bits per heavy atom. The van der Waals surface area contributed by atoms with E-state index in [0.717, 1.165) is 72.8 Å². The fourth-order valence-corrected chi connectivity index (χ4v) is 8.36. The highest BCUT2D eigenvalue weighted by atomic mass is 15.1. The van der Waals surface area contributed by atoms with E-state index in [1.807, 2.05) is 77.4 Å². The molecular weight excluding hydrogens is 759 g/mol. The number of aromatic nitrogens is 7. The second-order valence-corrected chi connectivity index (χ2v) is 15.1. The molecule has 0 spiro atoms. The summed E-state index contributed by atoms with van der Waals surface area (Å²) in [6, 6.07) is 62.6. The van der Waals surface area contributed by atoms with Crippen LogP contribution in [0.5, 0.6) is 0 Å². The SMILES string of the molecule is C=Cc1nc(-c2cccc(-c3nc(-c4ccccc4)nc(-c4cccc(-c5nc6ccccn6c5-c5ccc6ccccc6c5)c4)n3)c2)c(-c2ccc3ccccc3c2)n1C=C. The van der Waals surface area contributed by atoms with Gasteiger partial charge in [0.15, 0.2) is 17.5 Å². The van der Waals surface area contributed by atoms with E-state index in [2.05, 4.69) is 133 Å². The molecule has 0 bridgehead atoms. The fourth-order valence-electron chi connectivity index (χ4n) is 8.36. The third-order valence-corrected chi connectivity index (χ3v) is 11.3. The van der Waals surface area contributed by atoms with Crippen molar-refractivity contribution >= 4 is 39.5 Å². The number of rotatable bonds is 9. The molecule has 11 aromatic rings. The van der Waals surface area contributed by atoms with Crippen LogP contribution in [0.2, 0.25) is 0 Å². The van der Waals surface area contributed by atoms with Gasteiger partial charge in [-0.2, -0.15) is 0 Å². The molecule has 11 rings (SSSR count). The van der Waals surface area contributed by atoms with Gasteiger partial charge >= 0.3 is 0 Å². The molecule has 0 N–H and O–H groups in total. The first-order chi connectivity index (χ1) is 30.6. The number of hydrogen-bond acceptors (Lipinski definition) is 5. The molecule has 0 saturated heterocycles.